The number of carbonyl (C=O) groups is 1. The lowest BCUT2D eigenvalue weighted by atomic mass is 9.92. The molecule has 0 radical (unpaired) electrons. The second kappa shape index (κ2) is 7.23. The van der Waals surface area contributed by atoms with Gasteiger partial charge >= 0.3 is 0 Å². The molecule has 1 amide bonds. The van der Waals surface area contributed by atoms with Crippen molar-refractivity contribution in [3.63, 3.8) is 0 Å². The molecular weight excluding hydrogens is 311 g/mol. The predicted molar refractivity (Wildman–Crippen MR) is 83.0 cm³/mol. The van der Waals surface area contributed by atoms with Gasteiger partial charge in [0.2, 0.25) is 5.91 Å². The van der Waals surface area contributed by atoms with E-state index in [1.165, 1.54) is 12.1 Å². The van der Waals surface area contributed by atoms with Gasteiger partial charge in [-0.15, -0.1) is 0 Å². The molecule has 2 aromatic rings. The second-order valence-corrected chi connectivity index (χ2v) is 5.66. The second-order valence-electron chi connectivity index (χ2n) is 5.66. The Hall–Kier alpha value is -2.72. The lowest BCUT2D eigenvalue weighted by Gasteiger charge is -2.29. The predicted octanol–water partition coefficient (Wildman–Crippen LogP) is 2.20. The van der Waals surface area contributed by atoms with Crippen molar-refractivity contribution in [3.05, 3.63) is 53.4 Å². The number of benzene rings is 1. The summed E-state index contributed by atoms with van der Waals surface area (Å²) in [7, 11) is 0. The van der Waals surface area contributed by atoms with Gasteiger partial charge in [0.1, 0.15) is 23.8 Å². The zero-order chi connectivity index (χ0) is 16.9. The number of halogens is 1. The Morgan fingerprint density at radius 2 is 2.42 bits per heavy atom. The molecule has 3 rings (SSSR count). The van der Waals surface area contributed by atoms with Crippen LogP contribution in [-0.2, 0) is 16.1 Å². The van der Waals surface area contributed by atoms with Crippen molar-refractivity contribution in [2.75, 3.05) is 6.61 Å². The van der Waals surface area contributed by atoms with Crippen molar-refractivity contribution >= 4 is 5.91 Å². The van der Waals surface area contributed by atoms with Crippen LogP contribution in [0.1, 0.15) is 35.9 Å². The Morgan fingerprint density at radius 1 is 1.54 bits per heavy atom. The van der Waals surface area contributed by atoms with Gasteiger partial charge in [0.05, 0.1) is 11.5 Å². The van der Waals surface area contributed by atoms with Gasteiger partial charge in [-0.25, -0.2) is 9.37 Å². The van der Waals surface area contributed by atoms with Crippen molar-refractivity contribution in [3.8, 4) is 6.07 Å². The third-order valence-corrected chi connectivity index (χ3v) is 4.07. The molecule has 1 aromatic heterocycles. The van der Waals surface area contributed by atoms with Gasteiger partial charge in [-0.2, -0.15) is 5.26 Å². The molecule has 0 spiro atoms. The lowest BCUT2D eigenvalue weighted by molar-refractivity contribution is -0.135. The zero-order valence-electron chi connectivity index (χ0n) is 13.0. The molecule has 1 fully saturated rings. The Bertz CT molecular complexity index is 754. The van der Waals surface area contributed by atoms with Gasteiger partial charge < -0.3 is 15.0 Å². The largest absolute Gasteiger partial charge is 0.369 e. The maximum atomic E-state index is 13.6. The molecule has 0 bridgehead atoms. The highest BCUT2D eigenvalue weighted by atomic mass is 19.1. The standard InChI is InChI=1S/C17H17FN4O2/c18-14-8-11(3-4-12(14)9-19)10-22-17(23)13-2-1-7-24-15(13)16-20-5-6-21-16/h3-6,8,13,15H,1-2,7,10H2,(H,20,21)(H,22,23)/t13-,15-/m1/s1. The van der Waals surface area contributed by atoms with Gasteiger partial charge in [-0.05, 0) is 30.5 Å². The maximum absolute atomic E-state index is 13.6. The first-order valence-electron chi connectivity index (χ1n) is 7.76. The Balaban J connectivity index is 1.65. The minimum absolute atomic E-state index is 0.0105. The first-order chi connectivity index (χ1) is 11.7. The summed E-state index contributed by atoms with van der Waals surface area (Å²) in [5.74, 6) is -0.438. The van der Waals surface area contributed by atoms with Crippen LogP contribution in [0.2, 0.25) is 0 Å². The molecule has 124 valence electrons. The average Bonchev–Trinajstić information content (AvgIpc) is 3.14. The summed E-state index contributed by atoms with van der Waals surface area (Å²) in [6.07, 6.45) is 4.44. The number of hydrogen-bond donors (Lipinski definition) is 2. The van der Waals surface area contributed by atoms with Gasteiger partial charge in [0, 0.05) is 25.5 Å². The van der Waals surface area contributed by atoms with Crippen LogP contribution in [0, 0.1) is 23.1 Å². The van der Waals surface area contributed by atoms with Gasteiger partial charge in [0.25, 0.3) is 0 Å². The number of hydrogen-bond acceptors (Lipinski definition) is 4. The number of H-pyrrole nitrogens is 1. The summed E-state index contributed by atoms with van der Waals surface area (Å²) in [6, 6.07) is 6.07. The third-order valence-electron chi connectivity index (χ3n) is 4.07. The minimum Gasteiger partial charge on any atom is -0.369 e. The quantitative estimate of drug-likeness (QED) is 0.900. The summed E-state index contributed by atoms with van der Waals surface area (Å²) >= 11 is 0. The molecule has 0 saturated carbocycles. The maximum Gasteiger partial charge on any atom is 0.226 e. The van der Waals surface area contributed by atoms with E-state index in [1.807, 2.05) is 0 Å². The third kappa shape index (κ3) is 3.44. The van der Waals surface area contributed by atoms with Crippen LogP contribution < -0.4 is 5.32 Å². The SMILES string of the molecule is N#Cc1ccc(CNC(=O)[C@@H]2CCCO[C@H]2c2ncc[nH]2)cc1F. The smallest absolute Gasteiger partial charge is 0.226 e. The van der Waals surface area contributed by atoms with E-state index in [1.54, 1.807) is 24.5 Å². The van der Waals surface area contributed by atoms with E-state index in [4.69, 9.17) is 10.00 Å². The van der Waals surface area contributed by atoms with Crippen molar-refractivity contribution in [2.24, 2.45) is 5.92 Å². The van der Waals surface area contributed by atoms with E-state index >= 15 is 0 Å². The Morgan fingerprint density at radius 3 is 3.12 bits per heavy atom. The van der Waals surface area contributed by atoms with Crippen molar-refractivity contribution in [1.82, 2.24) is 15.3 Å². The number of aromatic nitrogens is 2. The van der Waals surface area contributed by atoms with Crippen molar-refractivity contribution in [1.29, 1.82) is 5.26 Å². The van der Waals surface area contributed by atoms with Crippen LogP contribution in [0.5, 0.6) is 0 Å². The summed E-state index contributed by atoms with van der Waals surface area (Å²) in [4.78, 5) is 19.7. The molecule has 2 atom stereocenters. The van der Waals surface area contributed by atoms with Gasteiger partial charge in [0.15, 0.2) is 0 Å². The topological polar surface area (TPSA) is 90.8 Å². The summed E-state index contributed by atoms with van der Waals surface area (Å²) in [5, 5.41) is 11.5. The van der Waals surface area contributed by atoms with E-state index in [0.717, 1.165) is 6.42 Å². The van der Waals surface area contributed by atoms with E-state index in [2.05, 4.69) is 15.3 Å². The number of nitrogens with one attached hydrogen (secondary N) is 2. The summed E-state index contributed by atoms with van der Waals surface area (Å²) in [5.41, 5.74) is 0.592. The molecule has 0 unspecified atom stereocenters. The first kappa shape index (κ1) is 16.1. The fourth-order valence-corrected chi connectivity index (χ4v) is 2.83. The molecule has 1 saturated heterocycles. The molecule has 2 heterocycles. The van der Waals surface area contributed by atoms with Crippen LogP contribution in [0.25, 0.3) is 0 Å². The van der Waals surface area contributed by atoms with Crippen LogP contribution in [0.3, 0.4) is 0 Å². The van der Waals surface area contributed by atoms with E-state index in [-0.39, 0.29) is 23.9 Å². The number of carbonyl (C=O) groups excluding carboxylic acids is 1. The van der Waals surface area contributed by atoms with Crippen LogP contribution in [0.4, 0.5) is 4.39 Å². The van der Waals surface area contributed by atoms with Crippen LogP contribution in [0.15, 0.2) is 30.6 Å². The Kier molecular flexibility index (Phi) is 4.87. The molecule has 1 aromatic carbocycles. The van der Waals surface area contributed by atoms with Gasteiger partial charge in [-0.1, -0.05) is 6.07 Å². The summed E-state index contributed by atoms with van der Waals surface area (Å²) < 4.78 is 19.3. The molecule has 1 aliphatic heterocycles. The molecule has 2 N–H and O–H groups in total. The van der Waals surface area contributed by atoms with Gasteiger partial charge in [-0.3, -0.25) is 4.79 Å². The normalized spacial score (nSPS) is 20.3. The number of ether oxygens (including phenoxy) is 1. The molecular formula is C17H17FN4O2. The zero-order valence-corrected chi connectivity index (χ0v) is 13.0. The van der Waals surface area contributed by atoms with E-state index in [0.29, 0.717) is 24.4 Å². The number of aromatic amines is 1. The molecule has 1 aliphatic rings. The molecule has 6 nitrogen and oxygen atoms in total. The van der Waals surface area contributed by atoms with Crippen molar-refractivity contribution < 1.29 is 13.9 Å². The highest BCUT2D eigenvalue weighted by molar-refractivity contribution is 5.79. The first-order valence-corrected chi connectivity index (χ1v) is 7.76. The number of amides is 1. The van der Waals surface area contributed by atoms with Crippen molar-refractivity contribution in [2.45, 2.75) is 25.5 Å². The lowest BCUT2D eigenvalue weighted by Crippen LogP contribution is -2.37. The molecule has 0 aliphatic carbocycles. The number of imidazole rings is 1. The highest BCUT2D eigenvalue weighted by Gasteiger charge is 2.34. The van der Waals surface area contributed by atoms with Crippen LogP contribution >= 0.6 is 0 Å². The number of rotatable bonds is 4. The van der Waals surface area contributed by atoms with Crippen LogP contribution in [-0.4, -0.2) is 22.5 Å². The van der Waals surface area contributed by atoms with E-state index < -0.39 is 11.9 Å². The number of nitriles is 1. The number of nitrogens with zero attached hydrogens (tertiary/aromatic N) is 2. The average molecular weight is 328 g/mol. The fourth-order valence-electron chi connectivity index (χ4n) is 2.83. The highest BCUT2D eigenvalue weighted by Crippen LogP contribution is 2.31. The fraction of sp³-hybridized carbons (Fsp3) is 0.353. The molecule has 24 heavy (non-hydrogen) atoms. The van der Waals surface area contributed by atoms with E-state index in [9.17, 15) is 9.18 Å². The molecule has 7 heteroatoms. The summed E-state index contributed by atoms with van der Waals surface area (Å²) in [6.45, 7) is 0.790. The minimum atomic E-state index is -0.585. The monoisotopic (exact) mass is 328 g/mol. The Labute approximate surface area is 138 Å².